The smallest absolute Gasteiger partial charge is 0.237 e. The molecule has 3 nitrogen and oxygen atoms in total. The van der Waals surface area contributed by atoms with Gasteiger partial charge in [-0.15, -0.1) is 11.3 Å². The Morgan fingerprint density at radius 3 is 3.04 bits per heavy atom. The average molecular weight is 332 g/mol. The predicted molar refractivity (Wildman–Crippen MR) is 90.8 cm³/mol. The largest absolute Gasteiger partial charge is 0.338 e. The maximum absolute atomic E-state index is 13.3. The van der Waals surface area contributed by atoms with Crippen molar-refractivity contribution in [2.75, 3.05) is 19.6 Å². The van der Waals surface area contributed by atoms with Gasteiger partial charge in [0.05, 0.1) is 6.54 Å². The van der Waals surface area contributed by atoms with Crippen molar-refractivity contribution in [3.8, 4) is 0 Å². The fraction of sp³-hybridized carbons (Fsp3) is 0.389. The van der Waals surface area contributed by atoms with Crippen molar-refractivity contribution in [1.29, 1.82) is 0 Å². The molecule has 1 aromatic carbocycles. The van der Waals surface area contributed by atoms with E-state index in [4.69, 9.17) is 0 Å². The molecule has 0 aliphatic carbocycles. The third kappa shape index (κ3) is 3.98. The van der Waals surface area contributed by atoms with Gasteiger partial charge in [-0.2, -0.15) is 0 Å². The number of carbonyl (C=O) groups is 1. The number of hydrogen-bond donors (Lipinski definition) is 0. The molecule has 0 saturated heterocycles. The number of likely N-dealkylation sites (N-methyl/N-ethyl adjacent to an activating group) is 1. The fourth-order valence-electron chi connectivity index (χ4n) is 2.97. The summed E-state index contributed by atoms with van der Waals surface area (Å²) in [4.78, 5) is 18.0. The van der Waals surface area contributed by atoms with Gasteiger partial charge in [-0.1, -0.05) is 12.1 Å². The molecule has 0 saturated carbocycles. The number of nitrogens with zero attached hydrogens (tertiary/aromatic N) is 2. The Bertz CT molecular complexity index is 685. The molecule has 0 unspecified atom stereocenters. The first-order valence-corrected chi connectivity index (χ1v) is 8.83. The number of carbonyl (C=O) groups excluding carboxylic acids is 1. The van der Waals surface area contributed by atoms with Crippen LogP contribution in [-0.2, 0) is 24.3 Å². The summed E-state index contributed by atoms with van der Waals surface area (Å²) in [5, 5.41) is 2.12. The number of halogens is 1. The van der Waals surface area contributed by atoms with Crippen molar-refractivity contribution in [2.24, 2.45) is 0 Å². The van der Waals surface area contributed by atoms with Crippen LogP contribution in [0.15, 0.2) is 35.7 Å². The topological polar surface area (TPSA) is 23.6 Å². The summed E-state index contributed by atoms with van der Waals surface area (Å²) in [6, 6.07) is 8.62. The van der Waals surface area contributed by atoms with E-state index in [2.05, 4.69) is 16.3 Å². The molecule has 5 heteroatoms. The second-order valence-corrected chi connectivity index (χ2v) is 6.87. The van der Waals surface area contributed by atoms with Crippen LogP contribution in [0.3, 0.4) is 0 Å². The highest BCUT2D eigenvalue weighted by atomic mass is 32.1. The molecular weight excluding hydrogens is 311 g/mol. The number of rotatable bonds is 5. The summed E-state index contributed by atoms with van der Waals surface area (Å²) in [5.74, 6) is -0.150. The van der Waals surface area contributed by atoms with E-state index in [1.807, 2.05) is 13.0 Å². The summed E-state index contributed by atoms with van der Waals surface area (Å²) in [6.07, 6.45) is 1.02. The summed E-state index contributed by atoms with van der Waals surface area (Å²) >= 11 is 1.80. The first-order valence-electron chi connectivity index (χ1n) is 7.95. The normalized spacial score (nSPS) is 14.5. The molecule has 3 rings (SSSR count). The van der Waals surface area contributed by atoms with E-state index in [1.165, 1.54) is 22.6 Å². The Morgan fingerprint density at radius 1 is 1.39 bits per heavy atom. The first kappa shape index (κ1) is 16.1. The molecule has 0 fully saturated rings. The summed E-state index contributed by atoms with van der Waals surface area (Å²) in [6.45, 7) is 5.26. The summed E-state index contributed by atoms with van der Waals surface area (Å²) in [5.41, 5.74) is 2.18. The standard InChI is InChI=1S/C18H21FN2OS/c1-2-21(11-14-4-3-5-16(19)10-14)18(22)13-20-8-6-17-15(12-20)7-9-23-17/h3-5,7,9-10H,2,6,8,11-13H2,1H3. The van der Waals surface area contributed by atoms with Gasteiger partial charge in [0, 0.05) is 31.1 Å². The van der Waals surface area contributed by atoms with Gasteiger partial charge in [0.1, 0.15) is 5.82 Å². The van der Waals surface area contributed by atoms with Gasteiger partial charge in [0.25, 0.3) is 0 Å². The van der Waals surface area contributed by atoms with Crippen LogP contribution < -0.4 is 0 Å². The minimum absolute atomic E-state index is 0.107. The highest BCUT2D eigenvalue weighted by Gasteiger charge is 2.21. The van der Waals surface area contributed by atoms with Gasteiger partial charge in [-0.05, 0) is 48.1 Å². The lowest BCUT2D eigenvalue weighted by Gasteiger charge is -2.29. The van der Waals surface area contributed by atoms with E-state index >= 15 is 0 Å². The van der Waals surface area contributed by atoms with Crippen LogP contribution in [0.4, 0.5) is 4.39 Å². The van der Waals surface area contributed by atoms with Gasteiger partial charge in [-0.3, -0.25) is 9.69 Å². The van der Waals surface area contributed by atoms with Gasteiger partial charge < -0.3 is 4.90 Å². The molecule has 0 atom stereocenters. The highest BCUT2D eigenvalue weighted by molar-refractivity contribution is 7.10. The van der Waals surface area contributed by atoms with Crippen LogP contribution >= 0.6 is 11.3 Å². The van der Waals surface area contributed by atoms with E-state index in [0.717, 1.165) is 25.1 Å². The molecule has 1 aliphatic rings. The number of amides is 1. The lowest BCUT2D eigenvalue weighted by Crippen LogP contribution is -2.41. The summed E-state index contributed by atoms with van der Waals surface area (Å²) < 4.78 is 13.3. The van der Waals surface area contributed by atoms with Crippen molar-refractivity contribution in [1.82, 2.24) is 9.80 Å². The Kier molecular flexibility index (Phi) is 5.08. The first-order chi connectivity index (χ1) is 11.2. The highest BCUT2D eigenvalue weighted by Crippen LogP contribution is 2.23. The van der Waals surface area contributed by atoms with E-state index < -0.39 is 0 Å². The number of benzene rings is 1. The number of fused-ring (bicyclic) bond motifs is 1. The fourth-order valence-corrected chi connectivity index (χ4v) is 3.85. The maximum Gasteiger partial charge on any atom is 0.237 e. The monoisotopic (exact) mass is 332 g/mol. The minimum Gasteiger partial charge on any atom is -0.338 e. The summed E-state index contributed by atoms with van der Waals surface area (Å²) in [7, 11) is 0. The minimum atomic E-state index is -0.257. The predicted octanol–water partition coefficient (Wildman–Crippen LogP) is 3.29. The Morgan fingerprint density at radius 2 is 2.26 bits per heavy atom. The molecular formula is C18H21FN2OS. The Labute approximate surface area is 140 Å². The van der Waals surface area contributed by atoms with Crippen LogP contribution in [0, 0.1) is 5.82 Å². The van der Waals surface area contributed by atoms with Crippen LogP contribution in [0.1, 0.15) is 22.9 Å². The Hall–Kier alpha value is -1.72. The second kappa shape index (κ2) is 7.23. The molecule has 0 N–H and O–H groups in total. The number of thiophene rings is 1. The zero-order chi connectivity index (χ0) is 16.2. The lowest BCUT2D eigenvalue weighted by molar-refractivity contribution is -0.133. The molecule has 1 amide bonds. The zero-order valence-electron chi connectivity index (χ0n) is 13.3. The molecule has 0 bridgehead atoms. The van der Waals surface area contributed by atoms with Crippen LogP contribution in [0.25, 0.3) is 0 Å². The molecule has 0 radical (unpaired) electrons. The van der Waals surface area contributed by atoms with Crippen LogP contribution in [0.5, 0.6) is 0 Å². The quantitative estimate of drug-likeness (QED) is 0.839. The molecule has 23 heavy (non-hydrogen) atoms. The van der Waals surface area contributed by atoms with E-state index in [1.54, 1.807) is 22.3 Å². The van der Waals surface area contributed by atoms with E-state index in [0.29, 0.717) is 19.6 Å². The van der Waals surface area contributed by atoms with Crippen molar-refractivity contribution in [3.63, 3.8) is 0 Å². The van der Waals surface area contributed by atoms with Crippen molar-refractivity contribution < 1.29 is 9.18 Å². The van der Waals surface area contributed by atoms with Gasteiger partial charge in [0.2, 0.25) is 5.91 Å². The van der Waals surface area contributed by atoms with Crippen molar-refractivity contribution in [2.45, 2.75) is 26.4 Å². The van der Waals surface area contributed by atoms with E-state index in [9.17, 15) is 9.18 Å². The molecule has 2 heterocycles. The van der Waals surface area contributed by atoms with Crippen LogP contribution in [-0.4, -0.2) is 35.3 Å². The number of hydrogen-bond acceptors (Lipinski definition) is 3. The van der Waals surface area contributed by atoms with E-state index in [-0.39, 0.29) is 11.7 Å². The molecule has 1 aromatic heterocycles. The van der Waals surface area contributed by atoms with Crippen LogP contribution in [0.2, 0.25) is 0 Å². The maximum atomic E-state index is 13.3. The molecule has 2 aromatic rings. The van der Waals surface area contributed by atoms with Gasteiger partial charge in [0.15, 0.2) is 0 Å². The third-order valence-corrected chi connectivity index (χ3v) is 5.27. The molecule has 122 valence electrons. The molecule has 0 spiro atoms. The van der Waals surface area contributed by atoms with Gasteiger partial charge in [-0.25, -0.2) is 4.39 Å². The average Bonchev–Trinajstić information content (AvgIpc) is 3.00. The SMILES string of the molecule is CCN(Cc1cccc(F)c1)C(=O)CN1CCc2sccc2C1. The van der Waals surface area contributed by atoms with Gasteiger partial charge >= 0.3 is 0 Å². The molecule has 1 aliphatic heterocycles. The zero-order valence-corrected chi connectivity index (χ0v) is 14.1. The van der Waals surface area contributed by atoms with Crippen molar-refractivity contribution >= 4 is 17.2 Å². The second-order valence-electron chi connectivity index (χ2n) is 5.87. The lowest BCUT2D eigenvalue weighted by atomic mass is 10.1. The Balaban J connectivity index is 1.60. The van der Waals surface area contributed by atoms with Crippen molar-refractivity contribution in [3.05, 3.63) is 57.5 Å². The third-order valence-electron chi connectivity index (χ3n) is 4.24.